The highest BCUT2D eigenvalue weighted by molar-refractivity contribution is 5.91. The lowest BCUT2D eigenvalue weighted by molar-refractivity contribution is 0.0691. The first kappa shape index (κ1) is 10.2. The predicted octanol–water partition coefficient (Wildman–Crippen LogP) is 0.593. The highest BCUT2D eigenvalue weighted by Gasteiger charge is 2.18. The van der Waals surface area contributed by atoms with Crippen LogP contribution in [0.15, 0.2) is 11.0 Å². The second kappa shape index (κ2) is 3.44. The van der Waals surface area contributed by atoms with Gasteiger partial charge in [-0.25, -0.2) is 13.6 Å². The number of rotatable bonds is 2. The summed E-state index contributed by atoms with van der Waals surface area (Å²) in [6.45, 7) is 0. The first-order chi connectivity index (χ1) is 6.45. The van der Waals surface area contributed by atoms with Crippen LogP contribution in [0, 0.1) is 0 Å². The molecule has 0 atom stereocenters. The van der Waals surface area contributed by atoms with E-state index in [0.717, 1.165) is 0 Å². The van der Waals surface area contributed by atoms with Gasteiger partial charge in [-0.2, -0.15) is 0 Å². The highest BCUT2D eigenvalue weighted by Crippen LogP contribution is 2.15. The van der Waals surface area contributed by atoms with Crippen molar-refractivity contribution in [3.8, 4) is 0 Å². The molecule has 0 aliphatic rings. The van der Waals surface area contributed by atoms with Crippen LogP contribution < -0.4 is 11.2 Å². The van der Waals surface area contributed by atoms with Gasteiger partial charge in [-0.1, -0.05) is 0 Å². The zero-order valence-corrected chi connectivity index (χ0v) is 6.75. The maximum atomic E-state index is 12.1. The lowest BCUT2D eigenvalue weighted by Crippen LogP contribution is -2.20. The van der Waals surface area contributed by atoms with E-state index in [-0.39, 0.29) is 0 Å². The van der Waals surface area contributed by atoms with Gasteiger partial charge in [0.2, 0.25) is 5.43 Å². The molecule has 0 saturated heterocycles. The number of nitrogens with one attached hydrogen (secondary N) is 1. The molecule has 0 amide bonds. The van der Waals surface area contributed by atoms with Crippen LogP contribution in [-0.4, -0.2) is 16.1 Å². The maximum Gasteiger partial charge on any atom is 0.354 e. The molecule has 0 spiro atoms. The van der Waals surface area contributed by atoms with Crippen molar-refractivity contribution >= 4 is 11.7 Å². The van der Waals surface area contributed by atoms with Crippen LogP contribution in [0.4, 0.5) is 14.5 Å². The molecule has 1 heterocycles. The summed E-state index contributed by atoms with van der Waals surface area (Å²) < 4.78 is 24.2. The average Bonchev–Trinajstić information content (AvgIpc) is 2.08. The Bertz CT molecular complexity index is 427. The summed E-state index contributed by atoms with van der Waals surface area (Å²) >= 11 is 0. The lowest BCUT2D eigenvalue weighted by atomic mass is 10.2. The van der Waals surface area contributed by atoms with Crippen molar-refractivity contribution < 1.29 is 18.7 Å². The Kier molecular flexibility index (Phi) is 2.50. The molecule has 76 valence electrons. The molecule has 0 unspecified atom stereocenters. The number of carboxylic acid groups (broad SMARTS) is 1. The number of pyridine rings is 1. The van der Waals surface area contributed by atoms with Gasteiger partial charge in [-0.3, -0.25) is 4.79 Å². The Morgan fingerprint density at radius 1 is 1.57 bits per heavy atom. The quantitative estimate of drug-likeness (QED) is 0.656. The molecule has 0 fully saturated rings. The van der Waals surface area contributed by atoms with Crippen molar-refractivity contribution in [3.63, 3.8) is 0 Å². The fraction of sp³-hybridized carbons (Fsp3) is 0.143. The molecular weight excluding hydrogens is 198 g/mol. The lowest BCUT2D eigenvalue weighted by Gasteiger charge is -2.03. The van der Waals surface area contributed by atoms with E-state index >= 15 is 0 Å². The van der Waals surface area contributed by atoms with Crippen LogP contribution in [0.2, 0.25) is 0 Å². The van der Waals surface area contributed by atoms with Crippen LogP contribution in [0.1, 0.15) is 22.5 Å². The van der Waals surface area contributed by atoms with Gasteiger partial charge in [0.1, 0.15) is 5.69 Å². The van der Waals surface area contributed by atoms with Crippen molar-refractivity contribution in [1.29, 1.82) is 0 Å². The van der Waals surface area contributed by atoms with Gasteiger partial charge in [0.05, 0.1) is 5.56 Å². The molecule has 7 heteroatoms. The van der Waals surface area contributed by atoms with E-state index in [1.54, 1.807) is 0 Å². The summed E-state index contributed by atoms with van der Waals surface area (Å²) in [5, 5.41) is 8.48. The zero-order chi connectivity index (χ0) is 10.9. The maximum absolute atomic E-state index is 12.1. The minimum absolute atomic E-state index is 0.584. The first-order valence-electron chi connectivity index (χ1n) is 3.47. The molecule has 1 aromatic heterocycles. The van der Waals surface area contributed by atoms with Crippen molar-refractivity contribution in [2.75, 3.05) is 5.73 Å². The number of nitrogens with two attached hydrogens (primary N) is 1. The number of carbonyl (C=O) groups is 1. The topological polar surface area (TPSA) is 96.2 Å². The molecule has 0 aliphatic heterocycles. The number of aromatic amines is 1. The van der Waals surface area contributed by atoms with Crippen LogP contribution in [0.5, 0.6) is 0 Å². The summed E-state index contributed by atoms with van der Waals surface area (Å²) in [6.07, 6.45) is -2.34. The monoisotopic (exact) mass is 204 g/mol. The van der Waals surface area contributed by atoms with Gasteiger partial charge < -0.3 is 15.8 Å². The molecule has 4 N–H and O–H groups in total. The summed E-state index contributed by atoms with van der Waals surface area (Å²) in [4.78, 5) is 23.5. The van der Waals surface area contributed by atoms with Crippen LogP contribution >= 0.6 is 0 Å². The normalized spacial score (nSPS) is 10.5. The van der Waals surface area contributed by atoms with E-state index in [0.29, 0.717) is 6.20 Å². The number of carboxylic acids is 1. The number of H-pyrrole nitrogens is 1. The standard InChI is InChI=1S/C7H6F2N2O3/c8-6(9)2-1-11-4(7(13)14)3(10)5(2)12/h1,6H,10H2,(H,11,12)(H,13,14). The molecule has 0 saturated carbocycles. The van der Waals surface area contributed by atoms with Crippen LogP contribution in [0.3, 0.4) is 0 Å². The number of hydrogen-bond acceptors (Lipinski definition) is 3. The Labute approximate surface area is 76.2 Å². The van der Waals surface area contributed by atoms with E-state index in [4.69, 9.17) is 10.8 Å². The third kappa shape index (κ3) is 1.56. The molecule has 14 heavy (non-hydrogen) atoms. The van der Waals surface area contributed by atoms with Gasteiger partial charge >= 0.3 is 5.97 Å². The number of nitrogen functional groups attached to an aromatic ring is 1. The van der Waals surface area contributed by atoms with E-state index in [2.05, 4.69) is 0 Å². The summed E-state index contributed by atoms with van der Waals surface area (Å²) in [5.41, 5.74) is 1.77. The van der Waals surface area contributed by atoms with E-state index in [1.807, 2.05) is 4.98 Å². The van der Waals surface area contributed by atoms with E-state index in [1.165, 1.54) is 0 Å². The molecular formula is C7H6F2N2O3. The molecule has 1 aromatic rings. The molecule has 5 nitrogen and oxygen atoms in total. The van der Waals surface area contributed by atoms with Crippen molar-refractivity contribution in [1.82, 2.24) is 4.98 Å². The van der Waals surface area contributed by atoms with Gasteiger partial charge in [0.25, 0.3) is 6.43 Å². The zero-order valence-electron chi connectivity index (χ0n) is 6.75. The second-order valence-electron chi connectivity index (χ2n) is 2.47. The Morgan fingerprint density at radius 2 is 2.14 bits per heavy atom. The van der Waals surface area contributed by atoms with Gasteiger partial charge in [0, 0.05) is 6.20 Å². The Balaban J connectivity index is 3.42. The average molecular weight is 204 g/mol. The van der Waals surface area contributed by atoms with Crippen LogP contribution in [-0.2, 0) is 0 Å². The van der Waals surface area contributed by atoms with Gasteiger partial charge in [-0.05, 0) is 0 Å². The first-order valence-corrected chi connectivity index (χ1v) is 3.47. The van der Waals surface area contributed by atoms with Crippen molar-refractivity contribution in [2.24, 2.45) is 0 Å². The number of anilines is 1. The Morgan fingerprint density at radius 3 is 2.57 bits per heavy atom. The predicted molar refractivity (Wildman–Crippen MR) is 43.4 cm³/mol. The van der Waals surface area contributed by atoms with Gasteiger partial charge in [-0.15, -0.1) is 0 Å². The molecule has 1 rings (SSSR count). The Hall–Kier alpha value is -1.92. The number of halogens is 2. The summed E-state index contributed by atoms with van der Waals surface area (Å²) in [6, 6.07) is 0. The second-order valence-corrected chi connectivity index (χ2v) is 2.47. The molecule has 0 radical (unpaired) electrons. The fourth-order valence-corrected chi connectivity index (χ4v) is 0.901. The van der Waals surface area contributed by atoms with Crippen molar-refractivity contribution in [3.05, 3.63) is 27.7 Å². The SMILES string of the molecule is Nc1c(C(=O)O)[nH]cc(C(F)F)c1=O. The number of aromatic nitrogens is 1. The number of aromatic carboxylic acids is 1. The van der Waals surface area contributed by atoms with Crippen molar-refractivity contribution in [2.45, 2.75) is 6.43 Å². The fourth-order valence-electron chi connectivity index (χ4n) is 0.901. The summed E-state index contributed by atoms with van der Waals surface area (Å²) in [7, 11) is 0. The molecule has 0 aromatic carbocycles. The number of hydrogen-bond donors (Lipinski definition) is 3. The minimum Gasteiger partial charge on any atom is -0.477 e. The number of alkyl halides is 2. The van der Waals surface area contributed by atoms with Gasteiger partial charge in [0.15, 0.2) is 5.69 Å². The summed E-state index contributed by atoms with van der Waals surface area (Å²) in [5.74, 6) is -1.47. The minimum atomic E-state index is -2.98. The highest BCUT2D eigenvalue weighted by atomic mass is 19.3. The van der Waals surface area contributed by atoms with Crippen LogP contribution in [0.25, 0.3) is 0 Å². The third-order valence-corrected chi connectivity index (χ3v) is 1.60. The van der Waals surface area contributed by atoms with E-state index in [9.17, 15) is 18.4 Å². The smallest absolute Gasteiger partial charge is 0.354 e. The third-order valence-electron chi connectivity index (χ3n) is 1.60. The van der Waals surface area contributed by atoms with E-state index < -0.39 is 34.8 Å². The molecule has 0 aliphatic carbocycles. The largest absolute Gasteiger partial charge is 0.477 e. The molecule has 0 bridgehead atoms.